The second-order valence-corrected chi connectivity index (χ2v) is 7.28. The summed E-state index contributed by atoms with van der Waals surface area (Å²) in [6.45, 7) is 7.68. The van der Waals surface area contributed by atoms with Crippen LogP contribution < -0.4 is 10.6 Å². The van der Waals surface area contributed by atoms with Crippen molar-refractivity contribution < 1.29 is 13.2 Å². The van der Waals surface area contributed by atoms with Gasteiger partial charge in [-0.15, -0.1) is 35.3 Å². The number of rotatable bonds is 5. The second-order valence-electron chi connectivity index (χ2n) is 5.99. The Hall–Kier alpha value is -1.80. The van der Waals surface area contributed by atoms with E-state index in [1.807, 2.05) is 13.8 Å². The molecular formula is C20H24F3IN4S. The van der Waals surface area contributed by atoms with E-state index in [4.69, 9.17) is 0 Å². The van der Waals surface area contributed by atoms with Crippen LogP contribution in [-0.4, -0.2) is 30.6 Å². The lowest BCUT2D eigenvalue weighted by molar-refractivity contribution is -0.137. The lowest BCUT2D eigenvalue weighted by atomic mass is 10.1. The van der Waals surface area contributed by atoms with Crippen LogP contribution in [0.1, 0.15) is 33.6 Å². The van der Waals surface area contributed by atoms with Gasteiger partial charge >= 0.3 is 6.18 Å². The summed E-state index contributed by atoms with van der Waals surface area (Å²) in [5, 5.41) is 7.30. The van der Waals surface area contributed by atoms with E-state index in [-0.39, 0.29) is 24.0 Å². The van der Waals surface area contributed by atoms with Gasteiger partial charge in [0.25, 0.3) is 0 Å². The lowest BCUT2D eigenvalue weighted by Crippen LogP contribution is -2.37. The average Bonchev–Trinajstić information content (AvgIpc) is 2.96. The van der Waals surface area contributed by atoms with Crippen molar-refractivity contribution in [3.05, 3.63) is 51.0 Å². The number of benzene rings is 1. The van der Waals surface area contributed by atoms with E-state index in [2.05, 4.69) is 39.4 Å². The van der Waals surface area contributed by atoms with E-state index in [0.29, 0.717) is 31.2 Å². The summed E-state index contributed by atoms with van der Waals surface area (Å²) in [4.78, 5) is 10.2. The molecule has 0 atom stereocenters. The largest absolute Gasteiger partial charge is 0.416 e. The lowest BCUT2D eigenvalue weighted by Gasteiger charge is -2.08. The molecule has 0 aliphatic carbocycles. The van der Waals surface area contributed by atoms with Gasteiger partial charge in [-0.3, -0.25) is 4.99 Å². The molecule has 158 valence electrons. The summed E-state index contributed by atoms with van der Waals surface area (Å²) in [6.07, 6.45) is -3.56. The van der Waals surface area contributed by atoms with Crippen LogP contribution in [0.4, 0.5) is 13.2 Å². The molecule has 1 aromatic heterocycles. The highest BCUT2D eigenvalue weighted by atomic mass is 127. The fourth-order valence-electron chi connectivity index (χ4n) is 2.27. The Morgan fingerprint density at radius 1 is 1.17 bits per heavy atom. The number of hydrogen-bond donors (Lipinski definition) is 2. The van der Waals surface area contributed by atoms with Crippen LogP contribution >= 0.6 is 35.3 Å². The van der Waals surface area contributed by atoms with Gasteiger partial charge < -0.3 is 10.6 Å². The van der Waals surface area contributed by atoms with Crippen molar-refractivity contribution in [3.63, 3.8) is 0 Å². The molecule has 0 radical (unpaired) electrons. The molecule has 29 heavy (non-hydrogen) atoms. The molecule has 1 heterocycles. The van der Waals surface area contributed by atoms with Crippen molar-refractivity contribution in [2.45, 2.75) is 33.4 Å². The van der Waals surface area contributed by atoms with E-state index < -0.39 is 11.7 Å². The number of guanidine groups is 1. The molecule has 2 aromatic rings. The first kappa shape index (κ1) is 25.2. The molecular weight excluding hydrogens is 512 g/mol. The number of halogens is 4. The average molecular weight is 536 g/mol. The zero-order valence-corrected chi connectivity index (χ0v) is 19.6. The molecule has 2 rings (SSSR count). The maximum atomic E-state index is 12.5. The van der Waals surface area contributed by atoms with Crippen molar-refractivity contribution in [2.75, 3.05) is 19.6 Å². The van der Waals surface area contributed by atoms with Crippen molar-refractivity contribution in [3.8, 4) is 11.8 Å². The van der Waals surface area contributed by atoms with Crippen molar-refractivity contribution in [2.24, 2.45) is 4.99 Å². The molecule has 0 spiro atoms. The number of alkyl halides is 3. The standard InChI is InChI=1S/C20H23F3N4S.HI/c1-4-24-19(26-13-11-18-27-14(2)15(3)28-18)25-12-5-6-16-7-9-17(10-8-16)20(21,22)23;/h7-10H,4,11-13H2,1-3H3,(H2,24,25,26);1H. The van der Waals surface area contributed by atoms with Crippen molar-refractivity contribution in [1.29, 1.82) is 0 Å². The summed E-state index contributed by atoms with van der Waals surface area (Å²) in [5.41, 5.74) is 0.919. The SMILES string of the molecule is CCNC(=NCCc1nc(C)c(C)s1)NCC#Cc1ccc(C(F)(F)F)cc1.I. The number of aliphatic imine (C=N–C) groups is 1. The monoisotopic (exact) mass is 536 g/mol. The molecule has 0 aliphatic rings. The van der Waals surface area contributed by atoms with Gasteiger partial charge in [0.05, 0.1) is 22.8 Å². The van der Waals surface area contributed by atoms with Crippen LogP contribution in [0, 0.1) is 25.7 Å². The Balaban J connectivity index is 0.00000420. The van der Waals surface area contributed by atoms with Gasteiger partial charge in [-0.05, 0) is 45.0 Å². The highest BCUT2D eigenvalue weighted by molar-refractivity contribution is 14.0. The van der Waals surface area contributed by atoms with Crippen molar-refractivity contribution >= 4 is 41.3 Å². The highest BCUT2D eigenvalue weighted by Crippen LogP contribution is 2.28. The Labute approximate surface area is 190 Å². The predicted octanol–water partition coefficient (Wildman–Crippen LogP) is 4.55. The van der Waals surface area contributed by atoms with Crippen LogP contribution in [0.3, 0.4) is 0 Å². The van der Waals surface area contributed by atoms with E-state index in [0.717, 1.165) is 29.3 Å². The predicted molar refractivity (Wildman–Crippen MR) is 123 cm³/mol. The van der Waals surface area contributed by atoms with Crippen LogP contribution in [0.5, 0.6) is 0 Å². The molecule has 4 nitrogen and oxygen atoms in total. The van der Waals surface area contributed by atoms with Gasteiger partial charge in [0.1, 0.15) is 0 Å². The van der Waals surface area contributed by atoms with Crippen molar-refractivity contribution in [1.82, 2.24) is 15.6 Å². The minimum absolute atomic E-state index is 0. The maximum Gasteiger partial charge on any atom is 0.416 e. The van der Waals surface area contributed by atoms with Crippen LogP contribution in [0.2, 0.25) is 0 Å². The van der Waals surface area contributed by atoms with Gasteiger partial charge in [0.2, 0.25) is 0 Å². The summed E-state index contributed by atoms with van der Waals surface area (Å²) in [7, 11) is 0. The Morgan fingerprint density at radius 3 is 2.41 bits per heavy atom. The summed E-state index contributed by atoms with van der Waals surface area (Å²) >= 11 is 1.69. The van der Waals surface area contributed by atoms with Gasteiger partial charge in [-0.1, -0.05) is 11.8 Å². The first-order chi connectivity index (χ1) is 13.3. The normalized spacial score (nSPS) is 11.3. The summed E-state index contributed by atoms with van der Waals surface area (Å²) in [5.74, 6) is 6.38. The van der Waals surface area contributed by atoms with E-state index in [1.165, 1.54) is 17.0 Å². The quantitative estimate of drug-likeness (QED) is 0.255. The molecule has 0 amide bonds. The van der Waals surface area contributed by atoms with Gasteiger partial charge in [-0.25, -0.2) is 4.98 Å². The van der Waals surface area contributed by atoms with Gasteiger partial charge in [0.15, 0.2) is 5.96 Å². The molecule has 0 saturated heterocycles. The topological polar surface area (TPSA) is 49.3 Å². The fraction of sp³-hybridized carbons (Fsp3) is 0.400. The molecule has 1 aromatic carbocycles. The number of aryl methyl sites for hydroxylation is 2. The molecule has 0 bridgehead atoms. The third-order valence-corrected chi connectivity index (χ3v) is 4.93. The van der Waals surface area contributed by atoms with Crippen LogP contribution in [-0.2, 0) is 12.6 Å². The van der Waals surface area contributed by atoms with Gasteiger partial charge in [-0.2, -0.15) is 13.2 Å². The molecule has 0 saturated carbocycles. The number of nitrogens with one attached hydrogen (secondary N) is 2. The third kappa shape index (κ3) is 8.62. The summed E-state index contributed by atoms with van der Waals surface area (Å²) in [6, 6.07) is 4.80. The molecule has 0 unspecified atom stereocenters. The number of aromatic nitrogens is 1. The smallest absolute Gasteiger partial charge is 0.357 e. The Kier molecular flexibility index (Phi) is 10.5. The highest BCUT2D eigenvalue weighted by Gasteiger charge is 2.29. The zero-order chi connectivity index (χ0) is 20.6. The first-order valence-corrected chi connectivity index (χ1v) is 9.72. The van der Waals surface area contributed by atoms with Crippen LogP contribution in [0.15, 0.2) is 29.3 Å². The molecule has 0 fully saturated rings. The van der Waals surface area contributed by atoms with E-state index in [9.17, 15) is 13.2 Å². The first-order valence-electron chi connectivity index (χ1n) is 8.90. The number of hydrogen-bond acceptors (Lipinski definition) is 3. The minimum atomic E-state index is -4.33. The van der Waals surface area contributed by atoms with E-state index >= 15 is 0 Å². The third-order valence-electron chi connectivity index (χ3n) is 3.80. The second kappa shape index (κ2) is 12.0. The molecule has 9 heteroatoms. The van der Waals surface area contributed by atoms with Crippen LogP contribution in [0.25, 0.3) is 0 Å². The number of thiazole rings is 1. The number of nitrogens with zero attached hydrogens (tertiary/aromatic N) is 2. The fourth-order valence-corrected chi connectivity index (χ4v) is 3.19. The van der Waals surface area contributed by atoms with E-state index in [1.54, 1.807) is 11.3 Å². The molecule has 2 N–H and O–H groups in total. The zero-order valence-electron chi connectivity index (χ0n) is 16.5. The van der Waals surface area contributed by atoms with Gasteiger partial charge in [0, 0.05) is 30.0 Å². The molecule has 0 aliphatic heterocycles. The Morgan fingerprint density at radius 2 is 1.86 bits per heavy atom. The minimum Gasteiger partial charge on any atom is -0.357 e. The maximum absolute atomic E-state index is 12.5. The summed E-state index contributed by atoms with van der Waals surface area (Å²) < 4.78 is 37.6. The Bertz CT molecular complexity index is 845.